The highest BCUT2D eigenvalue weighted by molar-refractivity contribution is 5.79. The number of aliphatic imine (C=N–C) groups is 1. The van der Waals surface area contributed by atoms with Gasteiger partial charge in [-0.2, -0.15) is 4.98 Å². The van der Waals surface area contributed by atoms with Crippen molar-refractivity contribution in [2.24, 2.45) is 10.4 Å². The van der Waals surface area contributed by atoms with Crippen molar-refractivity contribution in [1.82, 2.24) is 20.8 Å². The Morgan fingerprint density at radius 3 is 2.54 bits per heavy atom. The number of aliphatic hydroxyl groups excluding tert-OH is 1. The molecule has 0 spiro atoms. The molecule has 1 aromatic heterocycles. The standard InChI is InChI=1S/C17H33N5O2/c1-5-17(6-2,10-12-23)13-20-16(18-7-3)19-11-8-9-15-21-14(4)22-24-15/h23H,5-13H2,1-4H3,(H2,18,19,20). The molecule has 1 aromatic rings. The molecular weight excluding hydrogens is 306 g/mol. The normalized spacial score (nSPS) is 12.5. The molecule has 7 heteroatoms. The molecule has 138 valence electrons. The van der Waals surface area contributed by atoms with Crippen molar-refractivity contribution in [3.8, 4) is 0 Å². The number of guanidine groups is 1. The Labute approximate surface area is 145 Å². The molecule has 1 heterocycles. The molecule has 24 heavy (non-hydrogen) atoms. The van der Waals surface area contributed by atoms with Gasteiger partial charge in [-0.25, -0.2) is 0 Å². The van der Waals surface area contributed by atoms with Crippen molar-refractivity contribution in [2.75, 3.05) is 26.2 Å². The van der Waals surface area contributed by atoms with E-state index in [1.54, 1.807) is 0 Å². The van der Waals surface area contributed by atoms with E-state index in [4.69, 9.17) is 9.52 Å². The van der Waals surface area contributed by atoms with Gasteiger partial charge in [0, 0.05) is 32.7 Å². The van der Waals surface area contributed by atoms with E-state index in [-0.39, 0.29) is 12.0 Å². The maximum atomic E-state index is 9.32. The first kappa shape index (κ1) is 20.4. The SMILES string of the molecule is CCNC(=NCC(CC)(CC)CCO)NCCCc1nc(C)no1. The number of aromatic nitrogens is 2. The van der Waals surface area contributed by atoms with E-state index in [1.165, 1.54) is 0 Å². The van der Waals surface area contributed by atoms with E-state index in [0.717, 1.165) is 57.7 Å². The molecular formula is C17H33N5O2. The van der Waals surface area contributed by atoms with E-state index >= 15 is 0 Å². The summed E-state index contributed by atoms with van der Waals surface area (Å²) in [7, 11) is 0. The number of nitrogens with one attached hydrogen (secondary N) is 2. The molecule has 0 saturated heterocycles. The maximum absolute atomic E-state index is 9.32. The molecule has 0 unspecified atom stereocenters. The quantitative estimate of drug-likeness (QED) is 0.324. The van der Waals surface area contributed by atoms with Crippen LogP contribution in [0.1, 0.15) is 58.2 Å². The van der Waals surface area contributed by atoms with Crippen molar-refractivity contribution >= 4 is 5.96 Å². The largest absolute Gasteiger partial charge is 0.396 e. The van der Waals surface area contributed by atoms with Crippen LogP contribution in [0.4, 0.5) is 0 Å². The molecule has 0 radical (unpaired) electrons. The van der Waals surface area contributed by atoms with Crippen molar-refractivity contribution in [3.05, 3.63) is 11.7 Å². The maximum Gasteiger partial charge on any atom is 0.226 e. The molecule has 0 bridgehead atoms. The van der Waals surface area contributed by atoms with E-state index < -0.39 is 0 Å². The first-order valence-corrected chi connectivity index (χ1v) is 9.01. The van der Waals surface area contributed by atoms with Gasteiger partial charge in [0.2, 0.25) is 5.89 Å². The van der Waals surface area contributed by atoms with Crippen molar-refractivity contribution in [3.63, 3.8) is 0 Å². The van der Waals surface area contributed by atoms with Crippen molar-refractivity contribution < 1.29 is 9.63 Å². The minimum absolute atomic E-state index is 0.0817. The smallest absolute Gasteiger partial charge is 0.226 e. The number of rotatable bonds is 11. The van der Waals surface area contributed by atoms with Crippen LogP contribution in [0.15, 0.2) is 9.52 Å². The molecule has 7 nitrogen and oxygen atoms in total. The van der Waals surface area contributed by atoms with E-state index in [2.05, 4.69) is 41.5 Å². The molecule has 0 aliphatic carbocycles. The minimum atomic E-state index is 0.0817. The summed E-state index contributed by atoms with van der Waals surface area (Å²) >= 11 is 0. The average Bonchev–Trinajstić information content (AvgIpc) is 3.00. The van der Waals surface area contributed by atoms with Crippen LogP contribution in [0, 0.1) is 12.3 Å². The molecule has 0 aliphatic rings. The molecule has 0 aliphatic heterocycles. The van der Waals surface area contributed by atoms with Gasteiger partial charge in [-0.15, -0.1) is 0 Å². The number of hydrogen-bond donors (Lipinski definition) is 3. The summed E-state index contributed by atoms with van der Waals surface area (Å²) in [5.41, 5.74) is 0.0817. The Bertz CT molecular complexity index is 483. The van der Waals surface area contributed by atoms with Crippen LogP contribution in [0.3, 0.4) is 0 Å². The predicted molar refractivity (Wildman–Crippen MR) is 96.1 cm³/mol. The van der Waals surface area contributed by atoms with Gasteiger partial charge >= 0.3 is 0 Å². The van der Waals surface area contributed by atoms with Crippen LogP contribution >= 0.6 is 0 Å². The molecule has 0 fully saturated rings. The lowest BCUT2D eigenvalue weighted by atomic mass is 9.79. The van der Waals surface area contributed by atoms with Gasteiger partial charge in [0.25, 0.3) is 0 Å². The fourth-order valence-corrected chi connectivity index (χ4v) is 2.62. The van der Waals surface area contributed by atoms with Crippen LogP contribution in [0.25, 0.3) is 0 Å². The van der Waals surface area contributed by atoms with Gasteiger partial charge in [-0.1, -0.05) is 19.0 Å². The zero-order chi connectivity index (χ0) is 17.8. The minimum Gasteiger partial charge on any atom is -0.396 e. The molecule has 3 N–H and O–H groups in total. The van der Waals surface area contributed by atoms with E-state index in [1.807, 2.05) is 6.92 Å². The van der Waals surface area contributed by atoms with Crippen LogP contribution < -0.4 is 10.6 Å². The summed E-state index contributed by atoms with van der Waals surface area (Å²) in [6.07, 6.45) is 4.48. The highest BCUT2D eigenvalue weighted by atomic mass is 16.5. The highest BCUT2D eigenvalue weighted by Gasteiger charge is 2.25. The van der Waals surface area contributed by atoms with Crippen LogP contribution in [-0.2, 0) is 6.42 Å². The third-order valence-corrected chi connectivity index (χ3v) is 4.49. The molecule has 0 saturated carbocycles. The number of nitrogens with zero attached hydrogens (tertiary/aromatic N) is 3. The van der Waals surface area contributed by atoms with Crippen LogP contribution in [0.2, 0.25) is 0 Å². The van der Waals surface area contributed by atoms with Gasteiger partial charge in [0.05, 0.1) is 0 Å². The second-order valence-electron chi connectivity index (χ2n) is 6.14. The first-order chi connectivity index (χ1) is 11.6. The second-order valence-corrected chi connectivity index (χ2v) is 6.14. The zero-order valence-electron chi connectivity index (χ0n) is 15.6. The molecule has 0 atom stereocenters. The fraction of sp³-hybridized carbons (Fsp3) is 0.824. The number of aliphatic hydroxyl groups is 1. The van der Waals surface area contributed by atoms with Crippen molar-refractivity contribution in [2.45, 2.75) is 59.8 Å². The Balaban J connectivity index is 2.49. The van der Waals surface area contributed by atoms with Crippen LogP contribution in [0.5, 0.6) is 0 Å². The fourth-order valence-electron chi connectivity index (χ4n) is 2.62. The second kappa shape index (κ2) is 11.0. The highest BCUT2D eigenvalue weighted by Crippen LogP contribution is 2.30. The van der Waals surface area contributed by atoms with Crippen LogP contribution in [-0.4, -0.2) is 47.4 Å². The lowest BCUT2D eigenvalue weighted by molar-refractivity contribution is 0.175. The number of aryl methyl sites for hydroxylation is 2. The predicted octanol–water partition coefficient (Wildman–Crippen LogP) is 2.05. The average molecular weight is 339 g/mol. The van der Waals surface area contributed by atoms with Crippen molar-refractivity contribution in [1.29, 1.82) is 0 Å². The first-order valence-electron chi connectivity index (χ1n) is 9.01. The zero-order valence-corrected chi connectivity index (χ0v) is 15.6. The Morgan fingerprint density at radius 2 is 2.00 bits per heavy atom. The topological polar surface area (TPSA) is 95.6 Å². The van der Waals surface area contributed by atoms with Gasteiger partial charge < -0.3 is 20.3 Å². The Kier molecular flexibility index (Phi) is 9.37. The third-order valence-electron chi connectivity index (χ3n) is 4.49. The molecule has 0 aromatic carbocycles. The van der Waals surface area contributed by atoms with Gasteiger partial charge in [-0.3, -0.25) is 4.99 Å². The lowest BCUT2D eigenvalue weighted by Crippen LogP contribution is -2.39. The number of hydrogen-bond acceptors (Lipinski definition) is 5. The summed E-state index contributed by atoms with van der Waals surface area (Å²) in [4.78, 5) is 8.93. The van der Waals surface area contributed by atoms with Gasteiger partial charge in [-0.05, 0) is 44.9 Å². The summed E-state index contributed by atoms with van der Waals surface area (Å²) in [6.45, 7) is 10.8. The molecule has 0 amide bonds. The monoisotopic (exact) mass is 339 g/mol. The van der Waals surface area contributed by atoms with E-state index in [9.17, 15) is 5.11 Å². The summed E-state index contributed by atoms with van der Waals surface area (Å²) in [6, 6.07) is 0. The summed E-state index contributed by atoms with van der Waals surface area (Å²) < 4.78 is 5.11. The van der Waals surface area contributed by atoms with Gasteiger partial charge in [0.1, 0.15) is 0 Å². The van der Waals surface area contributed by atoms with Gasteiger partial charge in [0.15, 0.2) is 11.8 Å². The third kappa shape index (κ3) is 6.86. The summed E-state index contributed by atoms with van der Waals surface area (Å²) in [5, 5.41) is 19.7. The Morgan fingerprint density at radius 1 is 1.25 bits per heavy atom. The van der Waals surface area contributed by atoms with E-state index in [0.29, 0.717) is 11.7 Å². The summed E-state index contributed by atoms with van der Waals surface area (Å²) in [5.74, 6) is 2.17. The Hall–Kier alpha value is -1.63. The lowest BCUT2D eigenvalue weighted by Gasteiger charge is -2.29. The molecule has 1 rings (SSSR count).